The Kier molecular flexibility index (Phi) is 10.4. The third-order valence-corrected chi connectivity index (χ3v) is 7.15. The van der Waals surface area contributed by atoms with Crippen LogP contribution in [0.3, 0.4) is 0 Å². The number of rotatable bonds is 10. The highest BCUT2D eigenvalue weighted by Gasteiger charge is 2.38. The number of piperidine rings is 1. The van der Waals surface area contributed by atoms with Crippen molar-refractivity contribution in [1.29, 1.82) is 0 Å². The first-order valence-electron chi connectivity index (χ1n) is 13.1. The van der Waals surface area contributed by atoms with Crippen molar-refractivity contribution in [2.24, 2.45) is 11.7 Å². The van der Waals surface area contributed by atoms with Crippen LogP contribution in [0.2, 0.25) is 0 Å². The Balaban J connectivity index is 1.68. The molecule has 0 spiro atoms. The molecule has 1 heterocycles. The number of carbonyl (C=O) groups is 5. The summed E-state index contributed by atoms with van der Waals surface area (Å²) in [6.45, 7) is 0.102. The van der Waals surface area contributed by atoms with Crippen molar-refractivity contribution in [1.82, 2.24) is 15.5 Å². The van der Waals surface area contributed by atoms with Crippen molar-refractivity contribution < 1.29 is 33.5 Å². The van der Waals surface area contributed by atoms with Crippen LogP contribution >= 0.6 is 0 Å². The summed E-state index contributed by atoms with van der Waals surface area (Å²) in [5, 5.41) is 17.0. The maximum Gasteiger partial charge on any atom is 0.319 e. The zero-order valence-corrected chi connectivity index (χ0v) is 21.3. The number of hydrogen-bond donors (Lipinski definition) is 5. The van der Waals surface area contributed by atoms with Crippen LogP contribution in [0, 0.1) is 11.7 Å². The van der Waals surface area contributed by atoms with Crippen LogP contribution in [0.15, 0.2) is 24.3 Å². The molecule has 12 heteroatoms. The van der Waals surface area contributed by atoms with Crippen LogP contribution in [0.5, 0.6) is 0 Å². The molecule has 3 rings (SSSR count). The van der Waals surface area contributed by atoms with E-state index in [1.165, 1.54) is 23.1 Å². The van der Waals surface area contributed by atoms with Gasteiger partial charge in [0.1, 0.15) is 17.9 Å². The number of carboxylic acid groups (broad SMARTS) is 1. The predicted molar refractivity (Wildman–Crippen MR) is 136 cm³/mol. The van der Waals surface area contributed by atoms with Gasteiger partial charge < -0.3 is 31.7 Å². The zero-order valence-electron chi connectivity index (χ0n) is 21.3. The van der Waals surface area contributed by atoms with Gasteiger partial charge in [-0.05, 0) is 43.4 Å². The van der Waals surface area contributed by atoms with Crippen molar-refractivity contribution in [3.05, 3.63) is 30.1 Å². The molecule has 1 saturated heterocycles. The summed E-state index contributed by atoms with van der Waals surface area (Å²) in [4.78, 5) is 63.1. The highest BCUT2D eigenvalue weighted by atomic mass is 19.1. The molecule has 0 unspecified atom stereocenters. The van der Waals surface area contributed by atoms with E-state index in [2.05, 4.69) is 16.0 Å². The maximum atomic E-state index is 13.4. The highest BCUT2D eigenvalue weighted by molar-refractivity contribution is 5.93. The number of benzene rings is 1. The molecule has 38 heavy (non-hydrogen) atoms. The van der Waals surface area contributed by atoms with Crippen LogP contribution in [-0.4, -0.2) is 64.4 Å². The largest absolute Gasteiger partial charge is 0.481 e. The van der Waals surface area contributed by atoms with Crippen molar-refractivity contribution >= 4 is 35.4 Å². The van der Waals surface area contributed by atoms with E-state index >= 15 is 0 Å². The van der Waals surface area contributed by atoms with Crippen molar-refractivity contribution in [3.63, 3.8) is 0 Å². The topological polar surface area (TPSA) is 171 Å². The number of urea groups is 1. The number of likely N-dealkylation sites (tertiary alicyclic amines) is 1. The van der Waals surface area contributed by atoms with E-state index in [1.807, 2.05) is 0 Å². The molecule has 5 amide bonds. The molecular formula is C26H36FN5O6. The highest BCUT2D eigenvalue weighted by Crippen LogP contribution is 2.28. The minimum atomic E-state index is -1.13. The second-order valence-corrected chi connectivity index (χ2v) is 10.0. The number of nitrogens with zero attached hydrogens (tertiary/aromatic N) is 1. The number of carboxylic acids is 1. The van der Waals surface area contributed by atoms with Crippen molar-refractivity contribution in [2.75, 3.05) is 11.9 Å². The number of nitrogens with two attached hydrogens (primary N) is 1. The van der Waals surface area contributed by atoms with E-state index in [1.54, 1.807) is 0 Å². The molecule has 11 nitrogen and oxygen atoms in total. The van der Waals surface area contributed by atoms with Crippen molar-refractivity contribution in [2.45, 2.75) is 82.3 Å². The van der Waals surface area contributed by atoms with E-state index in [4.69, 9.17) is 10.8 Å². The van der Waals surface area contributed by atoms with E-state index in [0.29, 0.717) is 12.8 Å². The first kappa shape index (κ1) is 28.9. The van der Waals surface area contributed by atoms with Gasteiger partial charge in [0.2, 0.25) is 17.7 Å². The van der Waals surface area contributed by atoms with Gasteiger partial charge in [0.25, 0.3) is 0 Å². The average molecular weight is 534 g/mol. The van der Waals surface area contributed by atoms with E-state index in [9.17, 15) is 28.4 Å². The molecule has 1 aromatic rings. The average Bonchev–Trinajstić information content (AvgIpc) is 2.87. The van der Waals surface area contributed by atoms with Gasteiger partial charge in [-0.3, -0.25) is 19.2 Å². The van der Waals surface area contributed by atoms with Gasteiger partial charge >= 0.3 is 12.0 Å². The number of anilines is 1. The number of aliphatic carboxylic acids is 1. The minimum absolute atomic E-state index is 0.0517. The SMILES string of the molecule is NC(=O)[C@H](CC1CCCCC1)NC(=O)[C@@H]1C[C@@H](NC(=O)Nc2cccc(F)c2)CCN1C(=O)CCC(=O)O. The summed E-state index contributed by atoms with van der Waals surface area (Å²) in [5.41, 5.74) is 5.85. The molecule has 2 aliphatic rings. The maximum absolute atomic E-state index is 13.4. The first-order chi connectivity index (χ1) is 18.1. The molecular weight excluding hydrogens is 497 g/mol. The van der Waals surface area contributed by atoms with Gasteiger partial charge in [-0.15, -0.1) is 0 Å². The van der Waals surface area contributed by atoms with Crippen molar-refractivity contribution in [3.8, 4) is 0 Å². The molecule has 1 aliphatic carbocycles. The molecule has 208 valence electrons. The van der Waals surface area contributed by atoms with Gasteiger partial charge in [-0.2, -0.15) is 0 Å². The van der Waals surface area contributed by atoms with E-state index < -0.39 is 53.7 Å². The summed E-state index contributed by atoms with van der Waals surface area (Å²) in [6, 6.07) is 2.36. The predicted octanol–water partition coefficient (Wildman–Crippen LogP) is 2.11. The van der Waals surface area contributed by atoms with Gasteiger partial charge in [-0.25, -0.2) is 9.18 Å². The summed E-state index contributed by atoms with van der Waals surface area (Å²) < 4.78 is 13.4. The Hall–Kier alpha value is -3.70. The number of halogens is 1. The number of hydrogen-bond acceptors (Lipinski definition) is 5. The van der Waals surface area contributed by atoms with E-state index in [0.717, 1.165) is 38.2 Å². The smallest absolute Gasteiger partial charge is 0.319 e. The van der Waals surface area contributed by atoms with E-state index in [-0.39, 0.29) is 37.4 Å². The number of carbonyl (C=O) groups excluding carboxylic acids is 4. The van der Waals surface area contributed by atoms with Gasteiger partial charge in [0.15, 0.2) is 0 Å². The lowest BCUT2D eigenvalue weighted by Gasteiger charge is -2.39. The number of primary amides is 1. The number of amides is 5. The fourth-order valence-corrected chi connectivity index (χ4v) is 5.19. The fraction of sp³-hybridized carbons (Fsp3) is 0.577. The monoisotopic (exact) mass is 533 g/mol. The van der Waals surface area contributed by atoms with Crippen LogP contribution in [-0.2, 0) is 19.2 Å². The molecule has 3 atom stereocenters. The Morgan fingerprint density at radius 2 is 1.82 bits per heavy atom. The molecule has 2 fully saturated rings. The second kappa shape index (κ2) is 13.7. The van der Waals surface area contributed by atoms with Crippen LogP contribution in [0.25, 0.3) is 0 Å². The lowest BCUT2D eigenvalue weighted by Crippen LogP contribution is -2.60. The Morgan fingerprint density at radius 1 is 1.08 bits per heavy atom. The molecule has 1 aromatic carbocycles. The normalized spacial score (nSPS) is 20.7. The third kappa shape index (κ3) is 8.70. The van der Waals surface area contributed by atoms with Gasteiger partial charge in [0, 0.05) is 24.7 Å². The molecule has 6 N–H and O–H groups in total. The molecule has 0 radical (unpaired) electrons. The molecule has 0 bridgehead atoms. The minimum Gasteiger partial charge on any atom is -0.481 e. The molecule has 0 aromatic heterocycles. The van der Waals surface area contributed by atoms with Crippen LogP contribution in [0.1, 0.15) is 64.2 Å². The summed E-state index contributed by atoms with van der Waals surface area (Å²) in [7, 11) is 0. The van der Waals surface area contributed by atoms with Crippen LogP contribution in [0.4, 0.5) is 14.9 Å². The molecule has 1 aliphatic heterocycles. The first-order valence-corrected chi connectivity index (χ1v) is 13.1. The Bertz CT molecular complexity index is 1030. The zero-order chi connectivity index (χ0) is 27.7. The van der Waals surface area contributed by atoms with Crippen LogP contribution < -0.4 is 21.7 Å². The lowest BCUT2D eigenvalue weighted by molar-refractivity contribution is -0.146. The standard InChI is InChI=1S/C26H36FN5O6/c27-17-7-4-8-18(14-17)29-26(38)30-19-11-12-32(22(33)9-10-23(34)35)21(15-19)25(37)31-20(24(28)36)13-16-5-2-1-3-6-16/h4,7-8,14,16,19-21H,1-3,5-6,9-13,15H2,(H2,28,36)(H,31,37)(H,34,35)(H2,29,30,38)/t19-,20-,21-/m0/s1. The Morgan fingerprint density at radius 3 is 2.47 bits per heavy atom. The third-order valence-electron chi connectivity index (χ3n) is 7.15. The number of nitrogens with one attached hydrogen (secondary N) is 3. The summed E-state index contributed by atoms with van der Waals surface area (Å²) in [6.07, 6.45) is 5.29. The lowest BCUT2D eigenvalue weighted by atomic mass is 9.84. The van der Waals surface area contributed by atoms with Gasteiger partial charge in [0.05, 0.1) is 6.42 Å². The summed E-state index contributed by atoms with van der Waals surface area (Å²) >= 11 is 0. The second-order valence-electron chi connectivity index (χ2n) is 10.0. The quantitative estimate of drug-likeness (QED) is 0.308. The van der Waals surface area contributed by atoms with Gasteiger partial charge in [-0.1, -0.05) is 38.2 Å². The summed E-state index contributed by atoms with van der Waals surface area (Å²) in [5.74, 6) is -3.12. The molecule has 1 saturated carbocycles. The Labute approximate surface area is 220 Å². The fourth-order valence-electron chi connectivity index (χ4n) is 5.19.